The highest BCUT2D eigenvalue weighted by atomic mass is 35.5. The van der Waals surface area contributed by atoms with Crippen LogP contribution in [0, 0.1) is 0 Å². The molecule has 6 nitrogen and oxygen atoms in total. The number of aryl methyl sites for hydroxylation is 1. The molecule has 0 spiro atoms. The van der Waals surface area contributed by atoms with Gasteiger partial charge in [-0.3, -0.25) is 10.1 Å². The number of hydrogen-bond donors (Lipinski definition) is 3. The van der Waals surface area contributed by atoms with Crippen LogP contribution in [0.15, 0.2) is 60.0 Å². The second-order valence-corrected chi connectivity index (χ2v) is 7.64. The number of aromatic nitrogens is 1. The van der Waals surface area contributed by atoms with Crippen LogP contribution in [0.3, 0.4) is 0 Å². The highest BCUT2D eigenvalue weighted by Gasteiger charge is 2.10. The Morgan fingerprint density at radius 3 is 2.52 bits per heavy atom. The molecule has 0 saturated carbocycles. The van der Waals surface area contributed by atoms with Crippen molar-refractivity contribution in [2.75, 3.05) is 17.2 Å². The van der Waals surface area contributed by atoms with Gasteiger partial charge in [0.25, 0.3) is 0 Å². The van der Waals surface area contributed by atoms with Crippen molar-refractivity contribution in [1.29, 1.82) is 0 Å². The number of thiazole rings is 1. The van der Waals surface area contributed by atoms with Crippen LogP contribution in [0.25, 0.3) is 0 Å². The third kappa shape index (κ3) is 7.21. The number of amides is 3. The number of hydrogen-bond acceptors (Lipinski definition) is 4. The third-order valence-electron chi connectivity index (χ3n) is 4.02. The van der Waals surface area contributed by atoms with Gasteiger partial charge in [0.2, 0.25) is 5.91 Å². The van der Waals surface area contributed by atoms with Crippen molar-refractivity contribution in [3.63, 3.8) is 0 Å². The lowest BCUT2D eigenvalue weighted by Crippen LogP contribution is -2.26. The van der Waals surface area contributed by atoms with Crippen molar-refractivity contribution in [1.82, 2.24) is 10.3 Å². The number of benzene rings is 2. The molecule has 8 heteroatoms. The van der Waals surface area contributed by atoms with Gasteiger partial charge in [-0.1, -0.05) is 41.9 Å². The molecular weight excluding hydrogens is 408 g/mol. The average molecular weight is 429 g/mol. The molecule has 0 fully saturated rings. The van der Waals surface area contributed by atoms with Gasteiger partial charge in [0.15, 0.2) is 5.13 Å². The normalized spacial score (nSPS) is 10.4. The van der Waals surface area contributed by atoms with E-state index in [1.54, 1.807) is 29.6 Å². The number of nitrogens with one attached hydrogen (secondary N) is 3. The molecule has 3 N–H and O–H groups in total. The molecule has 0 aliphatic heterocycles. The summed E-state index contributed by atoms with van der Waals surface area (Å²) in [7, 11) is 0. The van der Waals surface area contributed by atoms with Crippen molar-refractivity contribution in [2.24, 2.45) is 0 Å². The number of urea groups is 1. The van der Waals surface area contributed by atoms with Crippen molar-refractivity contribution < 1.29 is 9.59 Å². The van der Waals surface area contributed by atoms with Gasteiger partial charge in [-0.05, 0) is 42.7 Å². The number of nitrogens with zero attached hydrogens (tertiary/aromatic N) is 1. The molecule has 29 heavy (non-hydrogen) atoms. The zero-order valence-corrected chi connectivity index (χ0v) is 17.2. The Morgan fingerprint density at radius 1 is 1.00 bits per heavy atom. The lowest BCUT2D eigenvalue weighted by Gasteiger charge is -2.05. The van der Waals surface area contributed by atoms with Gasteiger partial charge in [-0.2, -0.15) is 0 Å². The van der Waals surface area contributed by atoms with E-state index in [-0.39, 0.29) is 12.3 Å². The zero-order chi connectivity index (χ0) is 20.5. The van der Waals surface area contributed by atoms with E-state index in [0.29, 0.717) is 28.1 Å². The highest BCUT2D eigenvalue weighted by molar-refractivity contribution is 7.14. The first-order valence-corrected chi connectivity index (χ1v) is 10.4. The first kappa shape index (κ1) is 20.8. The number of carbonyl (C=O) groups excluding carboxylic acids is 2. The largest absolute Gasteiger partial charge is 0.356 e. The van der Waals surface area contributed by atoms with E-state index in [1.807, 2.05) is 18.2 Å². The lowest BCUT2D eigenvalue weighted by atomic mass is 10.1. The topological polar surface area (TPSA) is 83.1 Å². The van der Waals surface area contributed by atoms with Gasteiger partial charge in [0, 0.05) is 22.6 Å². The monoisotopic (exact) mass is 428 g/mol. The quantitative estimate of drug-likeness (QED) is 0.453. The van der Waals surface area contributed by atoms with Crippen molar-refractivity contribution in [3.05, 3.63) is 76.3 Å². The van der Waals surface area contributed by atoms with E-state index >= 15 is 0 Å². The van der Waals surface area contributed by atoms with E-state index in [9.17, 15) is 9.59 Å². The van der Waals surface area contributed by atoms with E-state index in [2.05, 4.69) is 33.1 Å². The molecule has 0 saturated heterocycles. The summed E-state index contributed by atoms with van der Waals surface area (Å²) in [6.07, 6.45) is 1.99. The maximum Gasteiger partial charge on any atom is 0.325 e. The fourth-order valence-electron chi connectivity index (χ4n) is 2.63. The summed E-state index contributed by atoms with van der Waals surface area (Å²) >= 11 is 7.10. The predicted octanol–water partition coefficient (Wildman–Crippen LogP) is 4.73. The standard InChI is InChI=1S/C21H21ClN4O2S/c22-16-8-10-17(11-9-16)24-20(28)26-21-25-18(14-29-21)13-19(27)23-12-4-7-15-5-2-1-3-6-15/h1-3,5-6,8-11,14H,4,7,12-13H2,(H,23,27)(H2,24,25,26,28). The average Bonchev–Trinajstić information content (AvgIpc) is 3.14. The van der Waals surface area contributed by atoms with Crippen LogP contribution in [-0.4, -0.2) is 23.5 Å². The van der Waals surface area contributed by atoms with Crippen LogP contribution in [0.4, 0.5) is 15.6 Å². The minimum atomic E-state index is -0.404. The molecule has 0 atom stereocenters. The van der Waals surface area contributed by atoms with Crippen LogP contribution < -0.4 is 16.0 Å². The van der Waals surface area contributed by atoms with Crippen molar-refractivity contribution >= 4 is 45.7 Å². The number of rotatable bonds is 8. The molecule has 3 amide bonds. The van der Waals surface area contributed by atoms with Crippen LogP contribution >= 0.6 is 22.9 Å². The summed E-state index contributed by atoms with van der Waals surface area (Å²) in [5.41, 5.74) is 2.50. The minimum absolute atomic E-state index is 0.0828. The fraction of sp³-hybridized carbons (Fsp3) is 0.190. The summed E-state index contributed by atoms with van der Waals surface area (Å²) in [6.45, 7) is 0.618. The van der Waals surface area contributed by atoms with Crippen LogP contribution in [0.5, 0.6) is 0 Å². The molecule has 2 aromatic carbocycles. The SMILES string of the molecule is O=C(Cc1csc(NC(=O)Nc2ccc(Cl)cc2)n1)NCCCc1ccccc1. The number of anilines is 2. The maximum absolute atomic E-state index is 12.1. The van der Waals surface area contributed by atoms with Crippen LogP contribution in [-0.2, 0) is 17.6 Å². The molecule has 0 radical (unpaired) electrons. The Hall–Kier alpha value is -2.90. The van der Waals surface area contributed by atoms with Crippen LogP contribution in [0.2, 0.25) is 5.02 Å². The van der Waals surface area contributed by atoms with E-state index in [4.69, 9.17) is 11.6 Å². The lowest BCUT2D eigenvalue weighted by molar-refractivity contribution is -0.120. The van der Waals surface area contributed by atoms with Gasteiger partial charge in [0.1, 0.15) is 0 Å². The fourth-order valence-corrected chi connectivity index (χ4v) is 3.46. The van der Waals surface area contributed by atoms with E-state index in [1.165, 1.54) is 16.9 Å². The van der Waals surface area contributed by atoms with Gasteiger partial charge < -0.3 is 10.6 Å². The molecule has 1 aromatic heterocycles. The molecular formula is C21H21ClN4O2S. The molecule has 0 unspecified atom stereocenters. The van der Waals surface area contributed by atoms with Crippen molar-refractivity contribution in [2.45, 2.75) is 19.3 Å². The molecule has 3 aromatic rings. The molecule has 1 heterocycles. The summed E-state index contributed by atoms with van der Waals surface area (Å²) in [6, 6.07) is 16.6. The third-order valence-corrected chi connectivity index (χ3v) is 5.08. The summed E-state index contributed by atoms with van der Waals surface area (Å²) in [4.78, 5) is 28.4. The second kappa shape index (κ2) is 10.6. The predicted molar refractivity (Wildman–Crippen MR) is 118 cm³/mol. The molecule has 0 bridgehead atoms. The Morgan fingerprint density at radius 2 is 1.76 bits per heavy atom. The molecule has 0 aliphatic rings. The van der Waals surface area contributed by atoms with Gasteiger partial charge in [-0.25, -0.2) is 9.78 Å². The summed E-state index contributed by atoms with van der Waals surface area (Å²) in [5, 5.41) is 11.1. The highest BCUT2D eigenvalue weighted by Crippen LogP contribution is 2.17. The van der Waals surface area contributed by atoms with Gasteiger partial charge >= 0.3 is 6.03 Å². The Bertz CT molecular complexity index is 945. The maximum atomic E-state index is 12.1. The van der Waals surface area contributed by atoms with Gasteiger partial charge in [-0.15, -0.1) is 11.3 Å². The number of carbonyl (C=O) groups is 2. The van der Waals surface area contributed by atoms with Crippen LogP contribution in [0.1, 0.15) is 17.7 Å². The molecule has 150 valence electrons. The Labute approximate surface area is 178 Å². The summed E-state index contributed by atoms with van der Waals surface area (Å²) < 4.78 is 0. The Balaban J connectivity index is 1.38. The summed E-state index contributed by atoms with van der Waals surface area (Å²) in [5.74, 6) is -0.0828. The van der Waals surface area contributed by atoms with E-state index < -0.39 is 6.03 Å². The van der Waals surface area contributed by atoms with Crippen molar-refractivity contribution in [3.8, 4) is 0 Å². The zero-order valence-electron chi connectivity index (χ0n) is 15.7. The second-order valence-electron chi connectivity index (χ2n) is 6.35. The van der Waals surface area contributed by atoms with E-state index in [0.717, 1.165) is 12.8 Å². The smallest absolute Gasteiger partial charge is 0.325 e. The number of halogens is 1. The Kier molecular flexibility index (Phi) is 7.61. The first-order valence-electron chi connectivity index (χ1n) is 9.17. The molecule has 0 aliphatic carbocycles. The minimum Gasteiger partial charge on any atom is -0.356 e. The van der Waals surface area contributed by atoms with Gasteiger partial charge in [0.05, 0.1) is 12.1 Å². The first-order chi connectivity index (χ1) is 14.1. The molecule has 3 rings (SSSR count).